The summed E-state index contributed by atoms with van der Waals surface area (Å²) in [6.45, 7) is 1.73. The van der Waals surface area contributed by atoms with Crippen LogP contribution in [0.3, 0.4) is 0 Å². The van der Waals surface area contributed by atoms with Crippen molar-refractivity contribution in [1.29, 1.82) is 0 Å². The van der Waals surface area contributed by atoms with Crippen molar-refractivity contribution in [2.24, 2.45) is 0 Å². The number of aryl methyl sites for hydroxylation is 1. The molecule has 2 rings (SSSR count). The number of fused-ring (bicyclic) bond motifs is 1. The van der Waals surface area contributed by atoms with Crippen LogP contribution in [0.2, 0.25) is 5.02 Å². The summed E-state index contributed by atoms with van der Waals surface area (Å²) in [6, 6.07) is 5.24. The molecule has 0 unspecified atom stereocenters. The Kier molecular flexibility index (Phi) is 2.90. The Morgan fingerprint density at radius 2 is 2.18 bits per heavy atom. The van der Waals surface area contributed by atoms with Gasteiger partial charge in [-0.2, -0.15) is 0 Å². The van der Waals surface area contributed by atoms with Gasteiger partial charge in [-0.05, 0) is 18.6 Å². The van der Waals surface area contributed by atoms with Gasteiger partial charge in [-0.1, -0.05) is 23.7 Å². The van der Waals surface area contributed by atoms with Crippen LogP contribution in [-0.2, 0) is 11.2 Å². The lowest BCUT2D eigenvalue weighted by molar-refractivity contribution is -0.136. The van der Waals surface area contributed by atoms with Crippen LogP contribution in [0, 0.1) is 6.92 Å². The number of carbonyl (C=O) groups is 1. The van der Waals surface area contributed by atoms with Gasteiger partial charge < -0.3 is 10.1 Å². The lowest BCUT2D eigenvalue weighted by atomic mass is 10.0. The maximum atomic E-state index is 11.8. The van der Waals surface area contributed by atoms with Gasteiger partial charge in [0.15, 0.2) is 0 Å². The fourth-order valence-corrected chi connectivity index (χ4v) is 2.07. The highest BCUT2D eigenvalue weighted by Crippen LogP contribution is 2.24. The largest absolute Gasteiger partial charge is 0.481 e. The van der Waals surface area contributed by atoms with Gasteiger partial charge in [0.2, 0.25) is 0 Å². The van der Waals surface area contributed by atoms with E-state index in [0.717, 1.165) is 5.39 Å². The molecule has 0 aliphatic heterocycles. The zero-order valence-electron chi connectivity index (χ0n) is 9.08. The van der Waals surface area contributed by atoms with E-state index in [1.165, 1.54) is 0 Å². The van der Waals surface area contributed by atoms with E-state index in [4.69, 9.17) is 16.7 Å². The number of H-pyrrole nitrogens is 1. The van der Waals surface area contributed by atoms with Crippen molar-refractivity contribution >= 4 is 28.5 Å². The zero-order valence-corrected chi connectivity index (χ0v) is 9.84. The number of halogens is 1. The van der Waals surface area contributed by atoms with Crippen molar-refractivity contribution in [2.75, 3.05) is 0 Å². The first-order valence-corrected chi connectivity index (χ1v) is 5.40. The maximum Gasteiger partial charge on any atom is 0.308 e. The number of hydrogen-bond donors (Lipinski definition) is 2. The second-order valence-electron chi connectivity index (χ2n) is 3.79. The smallest absolute Gasteiger partial charge is 0.308 e. The van der Waals surface area contributed by atoms with Crippen LogP contribution in [0.1, 0.15) is 11.1 Å². The van der Waals surface area contributed by atoms with E-state index in [1.807, 2.05) is 0 Å². The van der Waals surface area contributed by atoms with Gasteiger partial charge in [0.25, 0.3) is 5.56 Å². The molecular formula is C12H10ClNO3. The highest BCUT2D eigenvalue weighted by atomic mass is 35.5. The van der Waals surface area contributed by atoms with Crippen LogP contribution in [0.25, 0.3) is 10.9 Å². The summed E-state index contributed by atoms with van der Waals surface area (Å²) in [7, 11) is 0. The molecule has 1 heterocycles. The zero-order chi connectivity index (χ0) is 12.6. The van der Waals surface area contributed by atoms with E-state index < -0.39 is 11.5 Å². The summed E-state index contributed by atoms with van der Waals surface area (Å²) in [4.78, 5) is 25.1. The molecule has 17 heavy (non-hydrogen) atoms. The lowest BCUT2D eigenvalue weighted by Gasteiger charge is -2.07. The molecule has 1 aromatic heterocycles. The van der Waals surface area contributed by atoms with E-state index in [1.54, 1.807) is 25.1 Å². The highest BCUT2D eigenvalue weighted by Gasteiger charge is 2.13. The van der Waals surface area contributed by atoms with Crippen LogP contribution >= 0.6 is 11.6 Å². The molecule has 0 bridgehead atoms. The average molecular weight is 252 g/mol. The van der Waals surface area contributed by atoms with Gasteiger partial charge in [-0.25, -0.2) is 0 Å². The first-order valence-electron chi connectivity index (χ1n) is 5.02. The van der Waals surface area contributed by atoms with Gasteiger partial charge >= 0.3 is 5.97 Å². The van der Waals surface area contributed by atoms with E-state index in [2.05, 4.69) is 4.98 Å². The number of aromatic amines is 1. The molecule has 4 nitrogen and oxygen atoms in total. The molecule has 0 aliphatic rings. The van der Waals surface area contributed by atoms with Gasteiger partial charge in [-0.15, -0.1) is 0 Å². The third-order valence-electron chi connectivity index (χ3n) is 2.71. The molecule has 0 radical (unpaired) electrons. The molecule has 0 spiro atoms. The minimum atomic E-state index is -1.03. The number of aromatic nitrogens is 1. The SMILES string of the molecule is Cc1c(CC(=O)O)c(=O)[nH]c2c(Cl)cccc12. The second-order valence-corrected chi connectivity index (χ2v) is 4.20. The summed E-state index contributed by atoms with van der Waals surface area (Å²) >= 11 is 5.97. The van der Waals surface area contributed by atoms with Crippen molar-refractivity contribution in [3.05, 3.63) is 44.7 Å². The summed E-state index contributed by atoms with van der Waals surface area (Å²) in [5.74, 6) is -1.03. The number of rotatable bonds is 2. The number of para-hydroxylation sites is 1. The Labute approximate surface area is 102 Å². The lowest BCUT2D eigenvalue weighted by Crippen LogP contribution is -2.18. The van der Waals surface area contributed by atoms with Crippen LogP contribution in [0.4, 0.5) is 0 Å². The molecule has 2 aromatic rings. The third-order valence-corrected chi connectivity index (χ3v) is 3.03. The molecule has 88 valence electrons. The first-order chi connectivity index (χ1) is 8.00. The van der Waals surface area contributed by atoms with E-state index in [-0.39, 0.29) is 12.0 Å². The molecule has 0 fully saturated rings. The van der Waals surface area contributed by atoms with Crippen molar-refractivity contribution in [1.82, 2.24) is 4.98 Å². The van der Waals surface area contributed by atoms with Crippen LogP contribution in [-0.4, -0.2) is 16.1 Å². The summed E-state index contributed by atoms with van der Waals surface area (Å²) in [5.41, 5.74) is 1.08. The minimum absolute atomic E-state index is 0.271. The molecular weight excluding hydrogens is 242 g/mol. The number of hydrogen-bond acceptors (Lipinski definition) is 2. The average Bonchev–Trinajstić information content (AvgIpc) is 2.26. The minimum Gasteiger partial charge on any atom is -0.481 e. The molecule has 0 saturated heterocycles. The van der Waals surface area contributed by atoms with Crippen LogP contribution in [0.5, 0.6) is 0 Å². The highest BCUT2D eigenvalue weighted by molar-refractivity contribution is 6.35. The standard InChI is InChI=1S/C12H10ClNO3/c1-6-7-3-2-4-9(13)11(7)14-12(17)8(6)5-10(15)16/h2-4H,5H2,1H3,(H,14,17)(H,15,16). The van der Waals surface area contributed by atoms with Crippen molar-refractivity contribution in [2.45, 2.75) is 13.3 Å². The fourth-order valence-electron chi connectivity index (χ4n) is 1.85. The summed E-state index contributed by atoms with van der Waals surface area (Å²) in [5, 5.41) is 9.98. The molecule has 0 atom stereocenters. The predicted octanol–water partition coefficient (Wildman–Crippen LogP) is 2.12. The van der Waals surface area contributed by atoms with Crippen molar-refractivity contribution < 1.29 is 9.90 Å². The number of carboxylic acid groups (broad SMARTS) is 1. The van der Waals surface area contributed by atoms with Gasteiger partial charge in [0.1, 0.15) is 0 Å². The number of pyridine rings is 1. The maximum absolute atomic E-state index is 11.8. The second kappa shape index (κ2) is 4.22. The van der Waals surface area contributed by atoms with Gasteiger partial charge in [-0.3, -0.25) is 9.59 Å². The Hall–Kier alpha value is -1.81. The van der Waals surface area contributed by atoms with Crippen LogP contribution in [0.15, 0.2) is 23.0 Å². The van der Waals surface area contributed by atoms with Crippen molar-refractivity contribution in [3.8, 4) is 0 Å². The van der Waals surface area contributed by atoms with Crippen molar-refractivity contribution in [3.63, 3.8) is 0 Å². The van der Waals surface area contributed by atoms with Crippen LogP contribution < -0.4 is 5.56 Å². The summed E-state index contributed by atoms with van der Waals surface area (Å²) in [6.07, 6.45) is -0.288. The normalized spacial score (nSPS) is 10.7. The fraction of sp³-hybridized carbons (Fsp3) is 0.167. The molecule has 5 heteroatoms. The Balaban J connectivity index is 2.81. The first kappa shape index (κ1) is 11.7. The Morgan fingerprint density at radius 3 is 2.82 bits per heavy atom. The number of carboxylic acids is 1. The molecule has 2 N–H and O–H groups in total. The molecule has 0 aliphatic carbocycles. The molecule has 0 amide bonds. The monoisotopic (exact) mass is 251 g/mol. The number of aliphatic carboxylic acids is 1. The predicted molar refractivity (Wildman–Crippen MR) is 65.7 cm³/mol. The van der Waals surface area contributed by atoms with E-state index >= 15 is 0 Å². The number of benzene rings is 1. The Morgan fingerprint density at radius 1 is 1.47 bits per heavy atom. The summed E-state index contributed by atoms with van der Waals surface area (Å²) < 4.78 is 0. The molecule has 0 saturated carbocycles. The number of nitrogens with one attached hydrogen (secondary N) is 1. The van der Waals surface area contributed by atoms with Gasteiger partial charge in [0, 0.05) is 10.9 Å². The molecule has 1 aromatic carbocycles. The Bertz CT molecular complexity index is 661. The third kappa shape index (κ3) is 2.03. The van der Waals surface area contributed by atoms with E-state index in [0.29, 0.717) is 16.1 Å². The topological polar surface area (TPSA) is 70.2 Å². The van der Waals surface area contributed by atoms with Gasteiger partial charge in [0.05, 0.1) is 17.0 Å². The quantitative estimate of drug-likeness (QED) is 0.859. The van der Waals surface area contributed by atoms with E-state index in [9.17, 15) is 9.59 Å².